The highest BCUT2D eigenvalue weighted by Gasteiger charge is 2.40. The average Bonchev–Trinajstić information content (AvgIpc) is 2.74. The zero-order valence-corrected chi connectivity index (χ0v) is 18.5. The van der Waals surface area contributed by atoms with Crippen LogP contribution in [0.1, 0.15) is 67.2 Å². The first-order chi connectivity index (χ1) is 14.1. The molecule has 0 N–H and O–H groups in total. The maximum Gasteiger partial charge on any atom is 0.132 e. The van der Waals surface area contributed by atoms with E-state index in [4.69, 9.17) is 4.74 Å². The number of thiol groups is 2. The van der Waals surface area contributed by atoms with E-state index >= 15 is 0 Å². The maximum atomic E-state index is 6.28. The van der Waals surface area contributed by atoms with Crippen molar-refractivity contribution in [2.45, 2.75) is 60.2 Å². The van der Waals surface area contributed by atoms with Crippen LogP contribution in [0.25, 0.3) is 0 Å². The Hall–Kier alpha value is -1.84. The molecule has 0 saturated heterocycles. The van der Waals surface area contributed by atoms with Gasteiger partial charge in [-0.05, 0) is 61.1 Å². The third-order valence-electron chi connectivity index (χ3n) is 6.79. The summed E-state index contributed by atoms with van der Waals surface area (Å²) < 4.78 is 6.28. The molecular formula is C26H26OS2. The van der Waals surface area contributed by atoms with Crippen LogP contribution in [0.3, 0.4) is 0 Å². The van der Waals surface area contributed by atoms with Gasteiger partial charge in [0.2, 0.25) is 0 Å². The Kier molecular flexibility index (Phi) is 4.92. The topological polar surface area (TPSA) is 9.23 Å². The van der Waals surface area contributed by atoms with Gasteiger partial charge in [0.15, 0.2) is 0 Å². The molecule has 0 radical (unpaired) electrons. The first kappa shape index (κ1) is 19.1. The summed E-state index contributed by atoms with van der Waals surface area (Å²) >= 11 is 9.06. The van der Waals surface area contributed by atoms with Gasteiger partial charge < -0.3 is 4.74 Å². The molecule has 3 heteroatoms. The van der Waals surface area contributed by atoms with Crippen molar-refractivity contribution in [1.29, 1.82) is 0 Å². The summed E-state index contributed by atoms with van der Waals surface area (Å²) in [4.78, 5) is 1.81. The molecule has 0 spiro atoms. The van der Waals surface area contributed by atoms with Gasteiger partial charge in [-0.3, -0.25) is 0 Å². The molecule has 1 nitrogen and oxygen atoms in total. The maximum absolute atomic E-state index is 6.28. The molecule has 29 heavy (non-hydrogen) atoms. The van der Waals surface area contributed by atoms with Crippen LogP contribution < -0.4 is 4.74 Å². The van der Waals surface area contributed by atoms with Gasteiger partial charge in [-0.1, -0.05) is 55.7 Å². The number of ether oxygens (including phenoxy) is 1. The lowest BCUT2D eigenvalue weighted by atomic mass is 9.69. The number of benzene rings is 3. The van der Waals surface area contributed by atoms with Crippen LogP contribution in [0, 0.1) is 0 Å². The quantitative estimate of drug-likeness (QED) is 0.404. The van der Waals surface area contributed by atoms with E-state index < -0.39 is 0 Å². The van der Waals surface area contributed by atoms with E-state index in [2.05, 4.69) is 80.7 Å². The fourth-order valence-electron chi connectivity index (χ4n) is 5.12. The van der Waals surface area contributed by atoms with Crippen molar-refractivity contribution < 1.29 is 4.74 Å². The molecule has 1 aliphatic carbocycles. The van der Waals surface area contributed by atoms with Crippen molar-refractivity contribution in [3.8, 4) is 11.5 Å². The van der Waals surface area contributed by atoms with E-state index in [0.717, 1.165) is 27.2 Å². The SMILES string of the molecule is CC1(c2ccc(C3CCCCC3)cc2)c2ccc(S)cc2Oc2cc(S)ccc21. The number of hydrogen-bond acceptors (Lipinski definition) is 3. The van der Waals surface area contributed by atoms with E-state index in [1.54, 1.807) is 0 Å². The van der Waals surface area contributed by atoms with E-state index in [-0.39, 0.29) is 5.41 Å². The van der Waals surface area contributed by atoms with Crippen LogP contribution in [-0.2, 0) is 5.41 Å². The van der Waals surface area contributed by atoms with Crippen molar-refractivity contribution in [2.24, 2.45) is 0 Å². The summed E-state index contributed by atoms with van der Waals surface area (Å²) in [5.41, 5.74) is 4.86. The van der Waals surface area contributed by atoms with Gasteiger partial charge in [0.25, 0.3) is 0 Å². The van der Waals surface area contributed by atoms with Crippen LogP contribution in [0.2, 0.25) is 0 Å². The molecule has 0 unspecified atom stereocenters. The summed E-state index contributed by atoms with van der Waals surface area (Å²) in [6, 6.07) is 21.8. The summed E-state index contributed by atoms with van der Waals surface area (Å²) in [7, 11) is 0. The highest BCUT2D eigenvalue weighted by Crippen LogP contribution is 2.52. The first-order valence-electron chi connectivity index (χ1n) is 10.5. The molecule has 1 fully saturated rings. The molecule has 2 aliphatic rings. The Balaban J connectivity index is 1.63. The lowest BCUT2D eigenvalue weighted by molar-refractivity contribution is 0.424. The van der Waals surface area contributed by atoms with Crippen molar-refractivity contribution in [3.63, 3.8) is 0 Å². The van der Waals surface area contributed by atoms with Crippen molar-refractivity contribution in [3.05, 3.63) is 82.9 Å². The lowest BCUT2D eigenvalue weighted by Crippen LogP contribution is -2.29. The standard InChI is InChI=1S/C26H26OS2/c1-26(19-9-7-18(8-10-19)17-5-3-2-4-6-17)22-13-11-20(28)15-24(22)27-25-16-21(29)12-14-23(25)26/h7-17,28-29H,2-6H2,1H3. The largest absolute Gasteiger partial charge is 0.457 e. The van der Waals surface area contributed by atoms with Crippen LogP contribution in [-0.4, -0.2) is 0 Å². The lowest BCUT2D eigenvalue weighted by Gasteiger charge is -2.38. The Morgan fingerprint density at radius 1 is 0.759 bits per heavy atom. The Morgan fingerprint density at radius 2 is 1.31 bits per heavy atom. The zero-order valence-electron chi connectivity index (χ0n) is 16.7. The third kappa shape index (κ3) is 3.29. The average molecular weight is 419 g/mol. The molecule has 5 rings (SSSR count). The molecule has 1 aliphatic heterocycles. The van der Waals surface area contributed by atoms with Gasteiger partial charge in [0, 0.05) is 26.3 Å². The molecule has 148 valence electrons. The van der Waals surface area contributed by atoms with Crippen molar-refractivity contribution in [1.82, 2.24) is 0 Å². The van der Waals surface area contributed by atoms with Gasteiger partial charge in [-0.15, -0.1) is 25.3 Å². The number of hydrogen-bond donors (Lipinski definition) is 2. The number of fused-ring (bicyclic) bond motifs is 2. The van der Waals surface area contributed by atoms with E-state index in [9.17, 15) is 0 Å². The smallest absolute Gasteiger partial charge is 0.132 e. The Labute approximate surface area is 184 Å². The van der Waals surface area contributed by atoms with Gasteiger partial charge in [0.05, 0.1) is 0 Å². The van der Waals surface area contributed by atoms with Crippen LogP contribution in [0.4, 0.5) is 0 Å². The minimum Gasteiger partial charge on any atom is -0.457 e. The Bertz CT molecular complexity index is 997. The molecule has 1 saturated carbocycles. The molecule has 0 amide bonds. The van der Waals surface area contributed by atoms with Crippen LogP contribution >= 0.6 is 25.3 Å². The minimum absolute atomic E-state index is 0.281. The highest BCUT2D eigenvalue weighted by molar-refractivity contribution is 7.80. The minimum atomic E-state index is -0.281. The molecule has 0 bridgehead atoms. The zero-order chi connectivity index (χ0) is 20.0. The normalized spacial score (nSPS) is 17.9. The summed E-state index contributed by atoms with van der Waals surface area (Å²) in [6.07, 6.45) is 6.76. The second-order valence-electron chi connectivity index (χ2n) is 8.54. The predicted octanol–water partition coefficient (Wildman–Crippen LogP) is 7.77. The molecule has 1 heterocycles. The van der Waals surface area contributed by atoms with Gasteiger partial charge in [-0.25, -0.2) is 0 Å². The fraction of sp³-hybridized carbons (Fsp3) is 0.308. The number of rotatable bonds is 2. The Morgan fingerprint density at radius 3 is 1.86 bits per heavy atom. The van der Waals surface area contributed by atoms with Crippen molar-refractivity contribution >= 4 is 25.3 Å². The summed E-state index contributed by atoms with van der Waals surface area (Å²) in [6.45, 7) is 2.30. The first-order valence-corrected chi connectivity index (χ1v) is 11.4. The highest BCUT2D eigenvalue weighted by atomic mass is 32.1. The van der Waals surface area contributed by atoms with Gasteiger partial charge in [0.1, 0.15) is 11.5 Å². The molecule has 3 aromatic carbocycles. The van der Waals surface area contributed by atoms with Gasteiger partial charge in [-0.2, -0.15) is 0 Å². The van der Waals surface area contributed by atoms with Gasteiger partial charge >= 0.3 is 0 Å². The molecule has 3 aromatic rings. The molecule has 0 aromatic heterocycles. The van der Waals surface area contributed by atoms with Crippen LogP contribution in [0.15, 0.2) is 70.5 Å². The fourth-order valence-corrected chi connectivity index (χ4v) is 5.50. The summed E-state index contributed by atoms with van der Waals surface area (Å²) in [5, 5.41) is 0. The monoisotopic (exact) mass is 418 g/mol. The third-order valence-corrected chi connectivity index (χ3v) is 7.35. The van der Waals surface area contributed by atoms with Crippen molar-refractivity contribution in [2.75, 3.05) is 0 Å². The van der Waals surface area contributed by atoms with E-state index in [1.165, 1.54) is 54.4 Å². The predicted molar refractivity (Wildman–Crippen MR) is 125 cm³/mol. The van der Waals surface area contributed by atoms with E-state index in [1.807, 2.05) is 12.1 Å². The van der Waals surface area contributed by atoms with E-state index in [0.29, 0.717) is 0 Å². The second-order valence-corrected chi connectivity index (χ2v) is 9.58. The van der Waals surface area contributed by atoms with Crippen LogP contribution in [0.5, 0.6) is 11.5 Å². The molecular weight excluding hydrogens is 392 g/mol. The second kappa shape index (κ2) is 7.45. The summed E-state index contributed by atoms with van der Waals surface area (Å²) in [5.74, 6) is 2.48. The molecule has 0 atom stereocenters.